The van der Waals surface area contributed by atoms with Crippen LogP contribution in [0.5, 0.6) is 0 Å². The fourth-order valence-electron chi connectivity index (χ4n) is 3.63. The molecule has 0 bridgehead atoms. The van der Waals surface area contributed by atoms with Gasteiger partial charge in [0.15, 0.2) is 5.96 Å². The Morgan fingerprint density at radius 3 is 2.52 bits per heavy atom. The molecule has 1 N–H and O–H groups in total. The zero-order chi connectivity index (χ0) is 17.9. The summed E-state index contributed by atoms with van der Waals surface area (Å²) < 4.78 is 5.75. The molecule has 25 heavy (non-hydrogen) atoms. The Morgan fingerprint density at radius 1 is 1.12 bits per heavy atom. The molecule has 2 unspecified atom stereocenters. The second kappa shape index (κ2) is 11.1. The second-order valence-corrected chi connectivity index (χ2v) is 7.38. The van der Waals surface area contributed by atoms with Crippen LogP contribution in [0.25, 0.3) is 0 Å². The summed E-state index contributed by atoms with van der Waals surface area (Å²) in [6.07, 6.45) is 4.53. The Labute approximate surface area is 153 Å². The fourth-order valence-corrected chi connectivity index (χ4v) is 3.63. The Bertz CT molecular complexity index is 493. The van der Waals surface area contributed by atoms with Crippen molar-refractivity contribution in [3.05, 3.63) is 35.9 Å². The molecule has 2 atom stereocenters. The minimum atomic E-state index is 0.750. The first-order chi connectivity index (χ1) is 12.2. The molecular formula is C21H35N3O. The summed E-state index contributed by atoms with van der Waals surface area (Å²) in [7, 11) is 1.89. The molecule has 0 spiro atoms. The van der Waals surface area contributed by atoms with E-state index in [0.29, 0.717) is 0 Å². The van der Waals surface area contributed by atoms with Gasteiger partial charge in [0.05, 0.1) is 6.61 Å². The van der Waals surface area contributed by atoms with E-state index in [9.17, 15) is 0 Å². The number of guanidine groups is 1. The third-order valence-corrected chi connectivity index (χ3v) is 4.76. The van der Waals surface area contributed by atoms with Gasteiger partial charge in [-0.1, -0.05) is 44.2 Å². The number of nitrogens with zero attached hydrogens (tertiary/aromatic N) is 2. The molecule has 4 nitrogen and oxygen atoms in total. The first-order valence-corrected chi connectivity index (χ1v) is 9.76. The second-order valence-electron chi connectivity index (χ2n) is 7.38. The number of ether oxygens (including phenoxy) is 1. The molecule has 0 aromatic heterocycles. The number of likely N-dealkylation sites (tertiary alicyclic amines) is 1. The summed E-state index contributed by atoms with van der Waals surface area (Å²) in [6, 6.07) is 10.5. The summed E-state index contributed by atoms with van der Waals surface area (Å²) in [5.74, 6) is 2.56. The van der Waals surface area contributed by atoms with E-state index in [2.05, 4.69) is 59.4 Å². The lowest BCUT2D eigenvalue weighted by molar-refractivity contribution is 0.133. The number of aliphatic imine (C=N–C) groups is 1. The minimum absolute atomic E-state index is 0.750. The van der Waals surface area contributed by atoms with Crippen molar-refractivity contribution in [2.45, 2.75) is 39.5 Å². The third-order valence-electron chi connectivity index (χ3n) is 4.76. The van der Waals surface area contributed by atoms with Gasteiger partial charge in [0.25, 0.3) is 0 Å². The van der Waals surface area contributed by atoms with E-state index >= 15 is 0 Å². The molecule has 1 fully saturated rings. The lowest BCUT2D eigenvalue weighted by Crippen LogP contribution is -2.48. The molecule has 0 aliphatic carbocycles. The molecule has 1 saturated heterocycles. The van der Waals surface area contributed by atoms with Gasteiger partial charge in [-0.3, -0.25) is 4.99 Å². The number of rotatable bonds is 8. The zero-order valence-electron chi connectivity index (χ0n) is 16.2. The van der Waals surface area contributed by atoms with E-state index < -0.39 is 0 Å². The van der Waals surface area contributed by atoms with E-state index in [4.69, 9.17) is 4.74 Å². The van der Waals surface area contributed by atoms with Crippen LogP contribution in [0.1, 0.15) is 38.7 Å². The number of benzene rings is 1. The molecular weight excluding hydrogens is 310 g/mol. The largest absolute Gasteiger partial charge is 0.381 e. The van der Waals surface area contributed by atoms with Crippen LogP contribution in [0.4, 0.5) is 0 Å². The van der Waals surface area contributed by atoms with Gasteiger partial charge in [-0.2, -0.15) is 0 Å². The lowest BCUT2D eigenvalue weighted by Gasteiger charge is -2.37. The van der Waals surface area contributed by atoms with Crippen LogP contribution in [0.2, 0.25) is 0 Å². The standard InChI is InChI=1S/C21H35N3O/c1-18-15-19(2)17-24(16-18)21(22-3)23-12-7-8-13-25-14-11-20-9-5-4-6-10-20/h4-6,9-10,18-19H,7-8,11-17H2,1-3H3,(H,22,23). The predicted molar refractivity (Wildman–Crippen MR) is 106 cm³/mol. The summed E-state index contributed by atoms with van der Waals surface area (Å²) >= 11 is 0. The highest BCUT2D eigenvalue weighted by Crippen LogP contribution is 2.20. The van der Waals surface area contributed by atoms with Crippen molar-refractivity contribution >= 4 is 5.96 Å². The molecule has 1 aliphatic heterocycles. The molecule has 4 heteroatoms. The Balaban J connectivity index is 1.53. The minimum Gasteiger partial charge on any atom is -0.381 e. The zero-order valence-corrected chi connectivity index (χ0v) is 16.2. The number of piperidine rings is 1. The normalized spacial score (nSPS) is 21.4. The van der Waals surface area contributed by atoms with Crippen molar-refractivity contribution in [3.63, 3.8) is 0 Å². The topological polar surface area (TPSA) is 36.9 Å². The van der Waals surface area contributed by atoms with Crippen molar-refractivity contribution in [2.24, 2.45) is 16.8 Å². The number of hydrogen-bond acceptors (Lipinski definition) is 2. The van der Waals surface area contributed by atoms with Crippen molar-refractivity contribution in [3.8, 4) is 0 Å². The van der Waals surface area contributed by atoms with Gasteiger partial charge in [-0.05, 0) is 43.1 Å². The van der Waals surface area contributed by atoms with Crippen molar-refractivity contribution in [2.75, 3.05) is 39.9 Å². The maximum atomic E-state index is 5.75. The Morgan fingerprint density at radius 2 is 1.84 bits per heavy atom. The predicted octanol–water partition coefficient (Wildman–Crippen LogP) is 3.58. The van der Waals surface area contributed by atoms with Crippen LogP contribution in [0, 0.1) is 11.8 Å². The van der Waals surface area contributed by atoms with Crippen molar-refractivity contribution in [1.29, 1.82) is 0 Å². The molecule has 0 saturated carbocycles. The monoisotopic (exact) mass is 345 g/mol. The van der Waals surface area contributed by atoms with Crippen molar-refractivity contribution in [1.82, 2.24) is 10.2 Å². The summed E-state index contributed by atoms with van der Waals surface area (Å²) in [4.78, 5) is 6.87. The first-order valence-electron chi connectivity index (χ1n) is 9.76. The summed E-state index contributed by atoms with van der Waals surface area (Å²) in [5.41, 5.74) is 1.35. The van der Waals surface area contributed by atoms with Gasteiger partial charge >= 0.3 is 0 Å². The average molecular weight is 346 g/mol. The Kier molecular flexibility index (Phi) is 8.81. The average Bonchev–Trinajstić information content (AvgIpc) is 2.60. The molecule has 140 valence electrons. The highest BCUT2D eigenvalue weighted by molar-refractivity contribution is 5.79. The van der Waals surface area contributed by atoms with E-state index in [1.165, 1.54) is 12.0 Å². The highest BCUT2D eigenvalue weighted by Gasteiger charge is 2.23. The van der Waals surface area contributed by atoms with Gasteiger partial charge in [-0.15, -0.1) is 0 Å². The van der Waals surface area contributed by atoms with E-state index in [1.807, 2.05) is 7.05 Å². The summed E-state index contributed by atoms with van der Waals surface area (Å²) in [5, 5.41) is 3.52. The van der Waals surface area contributed by atoms with Crippen LogP contribution in [-0.2, 0) is 11.2 Å². The quantitative estimate of drug-likeness (QED) is 0.444. The van der Waals surface area contributed by atoms with Crippen molar-refractivity contribution < 1.29 is 4.74 Å². The molecule has 1 aromatic rings. The molecule has 1 aromatic carbocycles. The molecule has 0 radical (unpaired) electrons. The van der Waals surface area contributed by atoms with Crippen LogP contribution in [0.3, 0.4) is 0 Å². The van der Waals surface area contributed by atoms with E-state index in [1.54, 1.807) is 0 Å². The van der Waals surface area contributed by atoms with Gasteiger partial charge in [0.1, 0.15) is 0 Å². The first kappa shape index (κ1) is 19.8. The third kappa shape index (κ3) is 7.47. The lowest BCUT2D eigenvalue weighted by atomic mass is 9.92. The Hall–Kier alpha value is -1.55. The van der Waals surface area contributed by atoms with Gasteiger partial charge < -0.3 is 15.0 Å². The van der Waals surface area contributed by atoms with E-state index in [0.717, 1.165) is 69.9 Å². The van der Waals surface area contributed by atoms with E-state index in [-0.39, 0.29) is 0 Å². The van der Waals surface area contributed by atoms with Gasteiger partial charge in [-0.25, -0.2) is 0 Å². The van der Waals surface area contributed by atoms with Crippen LogP contribution >= 0.6 is 0 Å². The van der Waals surface area contributed by atoms with Crippen LogP contribution in [-0.4, -0.2) is 50.8 Å². The summed E-state index contributed by atoms with van der Waals surface area (Å²) in [6.45, 7) is 9.52. The molecule has 1 heterocycles. The maximum Gasteiger partial charge on any atom is 0.193 e. The van der Waals surface area contributed by atoms with Gasteiger partial charge in [0.2, 0.25) is 0 Å². The van der Waals surface area contributed by atoms with Gasteiger partial charge in [0, 0.05) is 33.3 Å². The number of unbranched alkanes of at least 4 members (excludes halogenated alkanes) is 1. The molecule has 0 amide bonds. The number of hydrogen-bond donors (Lipinski definition) is 1. The molecule has 2 rings (SSSR count). The smallest absolute Gasteiger partial charge is 0.193 e. The SMILES string of the molecule is CN=C(NCCCCOCCc1ccccc1)N1CC(C)CC(C)C1. The highest BCUT2D eigenvalue weighted by atomic mass is 16.5. The maximum absolute atomic E-state index is 5.75. The van der Waals surface area contributed by atoms with Crippen LogP contribution in [0.15, 0.2) is 35.3 Å². The fraction of sp³-hybridized carbons (Fsp3) is 0.667. The molecule has 1 aliphatic rings. The number of nitrogens with one attached hydrogen (secondary N) is 1. The van der Waals surface area contributed by atoms with Crippen LogP contribution < -0.4 is 5.32 Å².